The van der Waals surface area contributed by atoms with Crippen LogP contribution in [0.25, 0.3) is 0 Å². The summed E-state index contributed by atoms with van der Waals surface area (Å²) in [5, 5.41) is 4.32. The minimum absolute atomic E-state index is 0.0464. The number of para-hydroxylation sites is 1. The molecular weight excluding hydrogens is 246 g/mol. The van der Waals surface area contributed by atoms with Gasteiger partial charge < -0.3 is 11.1 Å². The summed E-state index contributed by atoms with van der Waals surface area (Å²) in [6.07, 6.45) is 1.06. The second-order valence-electron chi connectivity index (χ2n) is 5.40. The van der Waals surface area contributed by atoms with Crippen LogP contribution in [0.2, 0.25) is 5.02 Å². The Labute approximate surface area is 114 Å². The van der Waals surface area contributed by atoms with E-state index in [9.17, 15) is 0 Å². The number of hydrogen-bond acceptors (Lipinski definition) is 3. The summed E-state index contributed by atoms with van der Waals surface area (Å²) in [5.74, 6) is 0. The zero-order valence-electron chi connectivity index (χ0n) is 11.1. The second kappa shape index (κ2) is 5.47. The molecule has 0 saturated carbocycles. The fourth-order valence-electron chi connectivity index (χ4n) is 2.51. The maximum Gasteiger partial charge on any atom is 0.0637 e. The summed E-state index contributed by atoms with van der Waals surface area (Å²) < 4.78 is 0. The Balaban J connectivity index is 2.13. The maximum absolute atomic E-state index is 6.20. The SMILES string of the molecule is CC(C)N1CCC(CN)(Nc2ccccc2Cl)C1. The van der Waals surface area contributed by atoms with Crippen molar-refractivity contribution >= 4 is 17.3 Å². The zero-order valence-corrected chi connectivity index (χ0v) is 11.9. The van der Waals surface area contributed by atoms with Crippen molar-refractivity contribution in [3.05, 3.63) is 29.3 Å². The van der Waals surface area contributed by atoms with E-state index in [1.165, 1.54) is 0 Å². The molecule has 3 N–H and O–H groups in total. The molecule has 1 heterocycles. The first-order valence-electron chi connectivity index (χ1n) is 6.53. The van der Waals surface area contributed by atoms with Crippen molar-refractivity contribution in [2.45, 2.75) is 31.8 Å². The number of nitrogens with two attached hydrogens (primary N) is 1. The van der Waals surface area contributed by atoms with E-state index in [1.54, 1.807) is 0 Å². The van der Waals surface area contributed by atoms with Crippen LogP contribution in [0.1, 0.15) is 20.3 Å². The van der Waals surface area contributed by atoms with Gasteiger partial charge >= 0.3 is 0 Å². The zero-order chi connectivity index (χ0) is 13.2. The second-order valence-corrected chi connectivity index (χ2v) is 5.81. The quantitative estimate of drug-likeness (QED) is 0.881. The molecule has 2 rings (SSSR count). The van der Waals surface area contributed by atoms with E-state index < -0.39 is 0 Å². The predicted octanol–water partition coefficient (Wildman–Crippen LogP) is 2.56. The van der Waals surface area contributed by atoms with Gasteiger partial charge in [-0.1, -0.05) is 23.7 Å². The maximum atomic E-state index is 6.20. The Bertz CT molecular complexity index is 408. The predicted molar refractivity (Wildman–Crippen MR) is 78.2 cm³/mol. The van der Waals surface area contributed by atoms with E-state index >= 15 is 0 Å². The summed E-state index contributed by atoms with van der Waals surface area (Å²) in [4.78, 5) is 2.46. The van der Waals surface area contributed by atoms with Crippen molar-refractivity contribution in [1.82, 2.24) is 4.90 Å². The molecule has 1 aliphatic heterocycles. The van der Waals surface area contributed by atoms with Crippen molar-refractivity contribution < 1.29 is 0 Å². The third kappa shape index (κ3) is 2.79. The van der Waals surface area contributed by atoms with Gasteiger partial charge in [-0.25, -0.2) is 0 Å². The van der Waals surface area contributed by atoms with E-state index in [0.29, 0.717) is 12.6 Å². The van der Waals surface area contributed by atoms with Gasteiger partial charge in [0.1, 0.15) is 0 Å². The number of nitrogens with one attached hydrogen (secondary N) is 1. The molecule has 1 unspecified atom stereocenters. The van der Waals surface area contributed by atoms with Gasteiger partial charge in [0.2, 0.25) is 0 Å². The van der Waals surface area contributed by atoms with Crippen LogP contribution in [-0.2, 0) is 0 Å². The normalized spacial score (nSPS) is 24.7. The first kappa shape index (κ1) is 13.7. The van der Waals surface area contributed by atoms with Gasteiger partial charge in [0.25, 0.3) is 0 Å². The Morgan fingerprint density at radius 3 is 2.72 bits per heavy atom. The molecule has 0 radical (unpaired) electrons. The monoisotopic (exact) mass is 267 g/mol. The molecule has 0 spiro atoms. The molecule has 1 saturated heterocycles. The Hall–Kier alpha value is -0.770. The van der Waals surface area contributed by atoms with E-state index in [4.69, 9.17) is 17.3 Å². The topological polar surface area (TPSA) is 41.3 Å². The highest BCUT2D eigenvalue weighted by Gasteiger charge is 2.37. The molecule has 1 fully saturated rings. The fourth-order valence-corrected chi connectivity index (χ4v) is 2.70. The first-order valence-corrected chi connectivity index (χ1v) is 6.91. The molecule has 0 aromatic heterocycles. The fraction of sp³-hybridized carbons (Fsp3) is 0.571. The lowest BCUT2D eigenvalue weighted by Gasteiger charge is -2.31. The molecule has 1 aliphatic rings. The summed E-state index contributed by atoms with van der Waals surface area (Å²) in [6, 6.07) is 8.42. The van der Waals surface area contributed by atoms with Crippen LogP contribution in [0.15, 0.2) is 24.3 Å². The van der Waals surface area contributed by atoms with Crippen molar-refractivity contribution in [3.63, 3.8) is 0 Å². The number of rotatable bonds is 4. The number of nitrogens with zero attached hydrogens (tertiary/aromatic N) is 1. The van der Waals surface area contributed by atoms with Crippen LogP contribution in [0.5, 0.6) is 0 Å². The third-order valence-electron chi connectivity index (χ3n) is 3.78. The average Bonchev–Trinajstić information content (AvgIpc) is 2.77. The Morgan fingerprint density at radius 2 is 2.17 bits per heavy atom. The highest BCUT2D eigenvalue weighted by atomic mass is 35.5. The third-order valence-corrected chi connectivity index (χ3v) is 4.11. The molecule has 4 heteroatoms. The minimum Gasteiger partial charge on any atom is -0.376 e. The van der Waals surface area contributed by atoms with Gasteiger partial charge in [-0.3, -0.25) is 4.90 Å². The molecule has 1 aromatic carbocycles. The Morgan fingerprint density at radius 1 is 1.44 bits per heavy atom. The summed E-state index contributed by atoms with van der Waals surface area (Å²) >= 11 is 6.20. The Kier molecular flexibility index (Phi) is 4.15. The van der Waals surface area contributed by atoms with Crippen LogP contribution in [0, 0.1) is 0 Å². The van der Waals surface area contributed by atoms with Gasteiger partial charge in [-0.2, -0.15) is 0 Å². The minimum atomic E-state index is -0.0464. The average molecular weight is 268 g/mol. The van der Waals surface area contributed by atoms with E-state index in [0.717, 1.165) is 30.2 Å². The van der Waals surface area contributed by atoms with E-state index in [1.807, 2.05) is 24.3 Å². The molecule has 0 aliphatic carbocycles. The first-order chi connectivity index (χ1) is 8.56. The molecule has 0 amide bonds. The summed E-state index contributed by atoms with van der Waals surface area (Å²) in [7, 11) is 0. The van der Waals surface area contributed by atoms with Crippen LogP contribution in [0.4, 0.5) is 5.69 Å². The molecule has 100 valence electrons. The van der Waals surface area contributed by atoms with E-state index in [-0.39, 0.29) is 5.54 Å². The number of hydrogen-bond donors (Lipinski definition) is 2. The van der Waals surface area contributed by atoms with Crippen LogP contribution < -0.4 is 11.1 Å². The van der Waals surface area contributed by atoms with Crippen molar-refractivity contribution in [2.24, 2.45) is 5.73 Å². The van der Waals surface area contributed by atoms with Crippen molar-refractivity contribution in [3.8, 4) is 0 Å². The highest BCUT2D eigenvalue weighted by molar-refractivity contribution is 6.33. The van der Waals surface area contributed by atoms with E-state index in [2.05, 4.69) is 24.1 Å². The van der Waals surface area contributed by atoms with Crippen LogP contribution in [-0.4, -0.2) is 36.1 Å². The van der Waals surface area contributed by atoms with Gasteiger partial charge in [-0.15, -0.1) is 0 Å². The molecule has 18 heavy (non-hydrogen) atoms. The standard InChI is InChI=1S/C14H22ClN3/c1-11(2)18-8-7-14(9-16,10-18)17-13-6-4-3-5-12(13)15/h3-6,11,17H,7-10,16H2,1-2H3. The summed E-state index contributed by atoms with van der Waals surface area (Å²) in [6.45, 7) is 7.14. The molecule has 1 atom stereocenters. The largest absolute Gasteiger partial charge is 0.376 e. The molecule has 1 aromatic rings. The lowest BCUT2D eigenvalue weighted by atomic mass is 9.98. The molecule has 3 nitrogen and oxygen atoms in total. The molecular formula is C14H22ClN3. The molecule has 0 bridgehead atoms. The number of anilines is 1. The van der Waals surface area contributed by atoms with Crippen molar-refractivity contribution in [1.29, 1.82) is 0 Å². The lowest BCUT2D eigenvalue weighted by molar-refractivity contribution is 0.262. The smallest absolute Gasteiger partial charge is 0.0637 e. The highest BCUT2D eigenvalue weighted by Crippen LogP contribution is 2.30. The van der Waals surface area contributed by atoms with Crippen LogP contribution in [0.3, 0.4) is 0 Å². The van der Waals surface area contributed by atoms with Crippen molar-refractivity contribution in [2.75, 3.05) is 25.0 Å². The van der Waals surface area contributed by atoms with Gasteiger partial charge in [-0.05, 0) is 32.4 Å². The van der Waals surface area contributed by atoms with Gasteiger partial charge in [0.05, 0.1) is 16.2 Å². The number of likely N-dealkylation sites (tertiary alicyclic amines) is 1. The van der Waals surface area contributed by atoms with Gasteiger partial charge in [0, 0.05) is 25.7 Å². The number of halogens is 1. The lowest BCUT2D eigenvalue weighted by Crippen LogP contribution is -2.48. The van der Waals surface area contributed by atoms with Crippen LogP contribution >= 0.6 is 11.6 Å². The van der Waals surface area contributed by atoms with Gasteiger partial charge in [0.15, 0.2) is 0 Å². The summed E-state index contributed by atoms with van der Waals surface area (Å²) in [5.41, 5.74) is 6.93. The number of benzene rings is 1.